The van der Waals surface area contributed by atoms with Crippen LogP contribution in [0.3, 0.4) is 0 Å². The van der Waals surface area contributed by atoms with Crippen molar-refractivity contribution >= 4 is 11.8 Å². The van der Waals surface area contributed by atoms with Crippen LogP contribution in [-0.4, -0.2) is 48.6 Å². The maximum atomic E-state index is 13.1. The highest BCUT2D eigenvalue weighted by Crippen LogP contribution is 2.12. The van der Waals surface area contributed by atoms with E-state index < -0.39 is 17.5 Å². The first kappa shape index (κ1) is 17.3. The lowest BCUT2D eigenvalue weighted by Gasteiger charge is -2.35. The van der Waals surface area contributed by atoms with Gasteiger partial charge in [0.2, 0.25) is 5.91 Å². The first-order chi connectivity index (χ1) is 10.9. The molecule has 0 saturated carbocycles. The van der Waals surface area contributed by atoms with Crippen LogP contribution in [0.5, 0.6) is 0 Å². The van der Waals surface area contributed by atoms with E-state index in [0.717, 1.165) is 12.1 Å². The van der Waals surface area contributed by atoms with Gasteiger partial charge in [0.15, 0.2) is 11.6 Å². The van der Waals surface area contributed by atoms with E-state index in [1.807, 2.05) is 13.8 Å². The summed E-state index contributed by atoms with van der Waals surface area (Å²) in [6.07, 6.45) is 0.119. The molecule has 1 N–H and O–H groups in total. The van der Waals surface area contributed by atoms with Crippen LogP contribution in [0, 0.1) is 11.6 Å². The first-order valence-electron chi connectivity index (χ1n) is 7.53. The van der Waals surface area contributed by atoms with Gasteiger partial charge < -0.3 is 15.0 Å². The zero-order valence-electron chi connectivity index (χ0n) is 13.1. The van der Waals surface area contributed by atoms with Crippen molar-refractivity contribution in [3.05, 3.63) is 35.4 Å². The third-order valence-electron chi connectivity index (χ3n) is 3.58. The second-order valence-electron chi connectivity index (χ2n) is 5.69. The Morgan fingerprint density at radius 1 is 1.22 bits per heavy atom. The van der Waals surface area contributed by atoms with Crippen molar-refractivity contribution in [2.24, 2.45) is 0 Å². The van der Waals surface area contributed by atoms with E-state index >= 15 is 0 Å². The van der Waals surface area contributed by atoms with E-state index in [1.54, 1.807) is 4.90 Å². The molecule has 0 aliphatic carbocycles. The predicted molar refractivity (Wildman–Crippen MR) is 79.9 cm³/mol. The van der Waals surface area contributed by atoms with E-state index in [9.17, 15) is 18.4 Å². The molecule has 23 heavy (non-hydrogen) atoms. The monoisotopic (exact) mass is 326 g/mol. The van der Waals surface area contributed by atoms with Crippen LogP contribution >= 0.6 is 0 Å². The van der Waals surface area contributed by atoms with Crippen LogP contribution in [0.4, 0.5) is 8.78 Å². The van der Waals surface area contributed by atoms with E-state index in [0.29, 0.717) is 13.1 Å². The fourth-order valence-electron chi connectivity index (χ4n) is 2.56. The number of hydrogen-bond acceptors (Lipinski definition) is 3. The zero-order valence-corrected chi connectivity index (χ0v) is 13.1. The molecular weight excluding hydrogens is 306 g/mol. The molecule has 7 heteroatoms. The number of halogens is 2. The number of morpholine rings is 1. The summed E-state index contributed by atoms with van der Waals surface area (Å²) in [6, 6.07) is 2.92. The molecule has 1 aromatic carbocycles. The summed E-state index contributed by atoms with van der Waals surface area (Å²) in [5, 5.41) is 2.53. The van der Waals surface area contributed by atoms with E-state index in [4.69, 9.17) is 4.74 Å². The van der Waals surface area contributed by atoms with Gasteiger partial charge in [-0.1, -0.05) is 0 Å². The fraction of sp³-hybridized carbons (Fsp3) is 0.500. The number of nitrogens with one attached hydrogen (secondary N) is 1. The SMILES string of the molecule is C[C@H]1CN(C(=O)CCNC(=O)c2ccc(F)c(F)c2)C[C@H](C)O1. The van der Waals surface area contributed by atoms with Crippen molar-refractivity contribution in [2.45, 2.75) is 32.5 Å². The molecule has 1 aliphatic rings. The highest BCUT2D eigenvalue weighted by atomic mass is 19.2. The third kappa shape index (κ3) is 4.72. The van der Waals surface area contributed by atoms with Crippen LogP contribution in [0.1, 0.15) is 30.6 Å². The summed E-state index contributed by atoms with van der Waals surface area (Å²) < 4.78 is 31.5. The minimum absolute atomic E-state index is 0.0144. The predicted octanol–water partition coefficient (Wildman–Crippen LogP) is 1.72. The Kier molecular flexibility index (Phi) is 5.65. The average molecular weight is 326 g/mol. The summed E-state index contributed by atoms with van der Waals surface area (Å²) in [5.74, 6) is -2.70. The zero-order chi connectivity index (χ0) is 17.0. The maximum absolute atomic E-state index is 13.1. The molecule has 1 aromatic rings. The maximum Gasteiger partial charge on any atom is 0.251 e. The summed E-state index contributed by atoms with van der Waals surface area (Å²) >= 11 is 0. The van der Waals surface area contributed by atoms with Crippen LogP contribution in [0.15, 0.2) is 18.2 Å². The normalized spacial score (nSPS) is 21.1. The Morgan fingerprint density at radius 3 is 2.48 bits per heavy atom. The van der Waals surface area contributed by atoms with Gasteiger partial charge in [0.25, 0.3) is 5.91 Å². The molecule has 1 fully saturated rings. The second kappa shape index (κ2) is 7.50. The Balaban J connectivity index is 1.80. The molecule has 0 radical (unpaired) electrons. The van der Waals surface area contributed by atoms with Gasteiger partial charge in [-0.3, -0.25) is 9.59 Å². The van der Waals surface area contributed by atoms with Crippen LogP contribution in [-0.2, 0) is 9.53 Å². The molecule has 1 heterocycles. The number of nitrogens with zero attached hydrogens (tertiary/aromatic N) is 1. The largest absolute Gasteiger partial charge is 0.372 e. The summed E-state index contributed by atoms with van der Waals surface area (Å²) in [4.78, 5) is 25.7. The number of amides is 2. The molecule has 0 bridgehead atoms. The number of rotatable bonds is 4. The minimum atomic E-state index is -1.08. The van der Waals surface area contributed by atoms with Crippen LogP contribution < -0.4 is 5.32 Å². The van der Waals surface area contributed by atoms with Gasteiger partial charge in [-0.2, -0.15) is 0 Å². The second-order valence-corrected chi connectivity index (χ2v) is 5.69. The molecule has 2 amide bonds. The van der Waals surface area contributed by atoms with Crippen LogP contribution in [0.2, 0.25) is 0 Å². The van der Waals surface area contributed by atoms with Crippen molar-refractivity contribution in [1.29, 1.82) is 0 Å². The highest BCUT2D eigenvalue weighted by Gasteiger charge is 2.25. The number of carbonyl (C=O) groups excluding carboxylic acids is 2. The lowest BCUT2D eigenvalue weighted by Crippen LogP contribution is -2.48. The van der Waals surface area contributed by atoms with Gasteiger partial charge in [-0.05, 0) is 32.0 Å². The molecule has 1 aliphatic heterocycles. The number of benzene rings is 1. The highest BCUT2D eigenvalue weighted by molar-refractivity contribution is 5.94. The number of carbonyl (C=O) groups is 2. The molecule has 5 nitrogen and oxygen atoms in total. The minimum Gasteiger partial charge on any atom is -0.372 e. The lowest BCUT2D eigenvalue weighted by atomic mass is 10.2. The molecule has 0 unspecified atom stereocenters. The fourth-order valence-corrected chi connectivity index (χ4v) is 2.56. The average Bonchev–Trinajstić information content (AvgIpc) is 2.48. The third-order valence-corrected chi connectivity index (χ3v) is 3.58. The molecular formula is C16H20F2N2O3. The molecule has 126 valence electrons. The Bertz CT molecular complexity index is 585. The quantitative estimate of drug-likeness (QED) is 0.916. The smallest absolute Gasteiger partial charge is 0.251 e. The topological polar surface area (TPSA) is 58.6 Å². The van der Waals surface area contributed by atoms with Crippen molar-refractivity contribution < 1.29 is 23.1 Å². The van der Waals surface area contributed by atoms with Crippen molar-refractivity contribution in [3.8, 4) is 0 Å². The summed E-state index contributed by atoms with van der Waals surface area (Å²) in [6.45, 7) is 5.00. The number of ether oxygens (including phenoxy) is 1. The Hall–Kier alpha value is -2.02. The van der Waals surface area contributed by atoms with Crippen molar-refractivity contribution in [3.63, 3.8) is 0 Å². The molecule has 2 rings (SSSR count). The summed E-state index contributed by atoms with van der Waals surface area (Å²) in [7, 11) is 0. The van der Waals surface area contributed by atoms with Gasteiger partial charge in [0.05, 0.1) is 12.2 Å². The van der Waals surface area contributed by atoms with Gasteiger partial charge in [0, 0.05) is 31.6 Å². The molecule has 0 spiro atoms. The van der Waals surface area contributed by atoms with E-state index in [-0.39, 0.29) is 36.6 Å². The molecule has 0 aromatic heterocycles. The molecule has 2 atom stereocenters. The Morgan fingerprint density at radius 2 is 1.87 bits per heavy atom. The van der Waals surface area contributed by atoms with Gasteiger partial charge in [-0.15, -0.1) is 0 Å². The summed E-state index contributed by atoms with van der Waals surface area (Å²) in [5.41, 5.74) is 0.0185. The van der Waals surface area contributed by atoms with E-state index in [2.05, 4.69) is 5.32 Å². The Labute approximate surface area is 133 Å². The lowest BCUT2D eigenvalue weighted by molar-refractivity contribution is -0.143. The van der Waals surface area contributed by atoms with Crippen molar-refractivity contribution in [1.82, 2.24) is 10.2 Å². The number of hydrogen-bond donors (Lipinski definition) is 1. The van der Waals surface area contributed by atoms with Crippen LogP contribution in [0.25, 0.3) is 0 Å². The standard InChI is InChI=1S/C16H20F2N2O3/c1-10-8-20(9-11(2)23-10)15(21)5-6-19-16(22)12-3-4-13(17)14(18)7-12/h3-4,7,10-11H,5-6,8-9H2,1-2H3,(H,19,22)/t10-,11-/m0/s1. The van der Waals surface area contributed by atoms with E-state index in [1.165, 1.54) is 6.07 Å². The van der Waals surface area contributed by atoms with Gasteiger partial charge >= 0.3 is 0 Å². The van der Waals surface area contributed by atoms with Crippen molar-refractivity contribution in [2.75, 3.05) is 19.6 Å². The first-order valence-corrected chi connectivity index (χ1v) is 7.53. The van der Waals surface area contributed by atoms with Gasteiger partial charge in [-0.25, -0.2) is 8.78 Å². The van der Waals surface area contributed by atoms with Gasteiger partial charge in [0.1, 0.15) is 0 Å². The molecule has 1 saturated heterocycles.